The first-order chi connectivity index (χ1) is 7.07. The van der Waals surface area contributed by atoms with Crippen LogP contribution in [0.25, 0.3) is 0 Å². The van der Waals surface area contributed by atoms with Crippen LogP contribution in [0.4, 0.5) is 4.79 Å². The minimum Gasteiger partial charge on any atom is -0.478 e. The Labute approximate surface area is 95.2 Å². The molecular formula is C11H19NO4. The molecule has 0 fully saturated rings. The van der Waals surface area contributed by atoms with Gasteiger partial charge in [-0.2, -0.15) is 0 Å². The van der Waals surface area contributed by atoms with Gasteiger partial charge in [-0.1, -0.05) is 20.8 Å². The summed E-state index contributed by atoms with van der Waals surface area (Å²) in [6, 6.07) is -0.520. The average molecular weight is 229 g/mol. The molecule has 92 valence electrons. The number of aliphatic carboxylic acids is 1. The van der Waals surface area contributed by atoms with Crippen molar-refractivity contribution in [3.63, 3.8) is 0 Å². The minimum atomic E-state index is -1.16. The number of carbonyl (C=O) groups is 2. The third-order valence-corrected chi connectivity index (χ3v) is 2.31. The molecule has 16 heavy (non-hydrogen) atoms. The van der Waals surface area contributed by atoms with E-state index in [1.807, 2.05) is 20.8 Å². The Hall–Kier alpha value is -1.52. The summed E-state index contributed by atoms with van der Waals surface area (Å²) in [6.07, 6.45) is -1.16. The number of nitrogens with one attached hydrogen (secondary N) is 1. The van der Waals surface area contributed by atoms with Crippen molar-refractivity contribution in [3.05, 3.63) is 11.1 Å². The van der Waals surface area contributed by atoms with Gasteiger partial charge in [-0.3, -0.25) is 0 Å². The molecule has 1 unspecified atom stereocenters. The SMILES string of the molecule is C/C(C(=O)O)=C(/C(C)NC(=O)O)C(C)(C)C. The molecule has 0 aromatic rings. The van der Waals surface area contributed by atoms with E-state index in [0.717, 1.165) is 0 Å². The maximum Gasteiger partial charge on any atom is 0.405 e. The number of amides is 1. The number of hydrogen-bond donors (Lipinski definition) is 3. The van der Waals surface area contributed by atoms with Gasteiger partial charge < -0.3 is 15.5 Å². The zero-order valence-corrected chi connectivity index (χ0v) is 10.3. The van der Waals surface area contributed by atoms with Crippen molar-refractivity contribution < 1.29 is 19.8 Å². The first-order valence-corrected chi connectivity index (χ1v) is 5.01. The second-order valence-electron chi connectivity index (χ2n) is 4.77. The van der Waals surface area contributed by atoms with E-state index in [-0.39, 0.29) is 5.57 Å². The van der Waals surface area contributed by atoms with E-state index in [0.29, 0.717) is 5.57 Å². The van der Waals surface area contributed by atoms with Crippen molar-refractivity contribution >= 4 is 12.1 Å². The quantitative estimate of drug-likeness (QED) is 0.647. The second kappa shape index (κ2) is 5.01. The molecule has 0 aromatic heterocycles. The highest BCUT2D eigenvalue weighted by Gasteiger charge is 2.27. The van der Waals surface area contributed by atoms with Gasteiger partial charge in [-0.05, 0) is 24.8 Å². The highest BCUT2D eigenvalue weighted by atomic mass is 16.4. The van der Waals surface area contributed by atoms with Crippen LogP contribution in [0.5, 0.6) is 0 Å². The van der Waals surface area contributed by atoms with Crippen LogP contribution >= 0.6 is 0 Å². The van der Waals surface area contributed by atoms with Crippen LogP contribution in [-0.4, -0.2) is 28.3 Å². The summed E-state index contributed by atoms with van der Waals surface area (Å²) in [5, 5.41) is 19.9. The Bertz CT molecular complexity index is 325. The van der Waals surface area contributed by atoms with Crippen LogP contribution in [0.1, 0.15) is 34.6 Å². The highest BCUT2D eigenvalue weighted by molar-refractivity contribution is 5.87. The molecule has 0 saturated heterocycles. The van der Waals surface area contributed by atoms with E-state index in [1.165, 1.54) is 6.92 Å². The molecule has 0 aliphatic heterocycles. The van der Waals surface area contributed by atoms with Gasteiger partial charge in [0, 0.05) is 5.57 Å². The molecule has 5 heteroatoms. The molecule has 5 nitrogen and oxygen atoms in total. The summed E-state index contributed by atoms with van der Waals surface area (Å²) in [5.41, 5.74) is 0.376. The van der Waals surface area contributed by atoms with Crippen LogP contribution in [0, 0.1) is 5.41 Å². The summed E-state index contributed by atoms with van der Waals surface area (Å²) < 4.78 is 0. The van der Waals surface area contributed by atoms with Gasteiger partial charge in [-0.25, -0.2) is 9.59 Å². The highest BCUT2D eigenvalue weighted by Crippen LogP contribution is 2.30. The third-order valence-electron chi connectivity index (χ3n) is 2.31. The topological polar surface area (TPSA) is 86.6 Å². The summed E-state index contributed by atoms with van der Waals surface area (Å²) in [5.74, 6) is -1.02. The molecule has 0 aliphatic carbocycles. The van der Waals surface area contributed by atoms with Crippen molar-refractivity contribution in [1.29, 1.82) is 0 Å². The van der Waals surface area contributed by atoms with Gasteiger partial charge in [0.05, 0.1) is 6.04 Å². The normalized spacial score (nSPS) is 15.1. The Kier molecular flexibility index (Phi) is 4.53. The van der Waals surface area contributed by atoms with E-state index in [2.05, 4.69) is 5.32 Å². The maximum absolute atomic E-state index is 10.9. The van der Waals surface area contributed by atoms with Crippen LogP contribution in [-0.2, 0) is 4.79 Å². The fourth-order valence-electron chi connectivity index (χ4n) is 1.91. The van der Waals surface area contributed by atoms with Crippen molar-refractivity contribution in [1.82, 2.24) is 5.32 Å². The summed E-state index contributed by atoms with van der Waals surface area (Å²) in [7, 11) is 0. The van der Waals surface area contributed by atoms with E-state index in [4.69, 9.17) is 10.2 Å². The standard InChI is InChI=1S/C11H19NO4/c1-6(9(13)14)8(11(3,4)5)7(2)12-10(15)16/h7,12H,1-5H3,(H,13,14)(H,15,16)/b8-6+. The first kappa shape index (κ1) is 14.5. The van der Waals surface area contributed by atoms with Crippen LogP contribution in [0.2, 0.25) is 0 Å². The monoisotopic (exact) mass is 229 g/mol. The predicted molar refractivity (Wildman–Crippen MR) is 60.4 cm³/mol. The Morgan fingerprint density at radius 1 is 1.19 bits per heavy atom. The van der Waals surface area contributed by atoms with Crippen LogP contribution in [0.3, 0.4) is 0 Å². The van der Waals surface area contributed by atoms with E-state index < -0.39 is 23.5 Å². The fourth-order valence-corrected chi connectivity index (χ4v) is 1.91. The molecule has 0 saturated carbocycles. The lowest BCUT2D eigenvalue weighted by molar-refractivity contribution is -0.132. The van der Waals surface area contributed by atoms with E-state index >= 15 is 0 Å². The third kappa shape index (κ3) is 3.92. The molecule has 1 amide bonds. The number of carboxylic acids is 1. The van der Waals surface area contributed by atoms with Gasteiger partial charge in [0.25, 0.3) is 0 Å². The van der Waals surface area contributed by atoms with Gasteiger partial charge in [0.15, 0.2) is 0 Å². The largest absolute Gasteiger partial charge is 0.478 e. The van der Waals surface area contributed by atoms with Crippen molar-refractivity contribution in [2.75, 3.05) is 0 Å². The Balaban J connectivity index is 5.36. The van der Waals surface area contributed by atoms with Gasteiger partial charge in [0.2, 0.25) is 0 Å². The summed E-state index contributed by atoms with van der Waals surface area (Å²) >= 11 is 0. The molecular weight excluding hydrogens is 210 g/mol. The molecule has 0 bridgehead atoms. The van der Waals surface area contributed by atoms with Crippen molar-refractivity contribution in [3.8, 4) is 0 Å². The Morgan fingerprint density at radius 2 is 1.62 bits per heavy atom. The van der Waals surface area contributed by atoms with Crippen LogP contribution < -0.4 is 5.32 Å². The zero-order chi connectivity index (χ0) is 13.1. The van der Waals surface area contributed by atoms with Crippen molar-refractivity contribution in [2.45, 2.75) is 40.7 Å². The molecule has 1 atom stereocenters. The second-order valence-corrected chi connectivity index (χ2v) is 4.77. The molecule has 0 heterocycles. The summed E-state index contributed by atoms with van der Waals surface area (Å²) in [4.78, 5) is 21.5. The average Bonchev–Trinajstić information content (AvgIpc) is 1.98. The van der Waals surface area contributed by atoms with E-state index in [9.17, 15) is 9.59 Å². The lowest BCUT2D eigenvalue weighted by atomic mass is 9.79. The van der Waals surface area contributed by atoms with E-state index in [1.54, 1.807) is 6.92 Å². The smallest absolute Gasteiger partial charge is 0.405 e. The molecule has 0 aliphatic rings. The summed E-state index contributed by atoms with van der Waals surface area (Å²) in [6.45, 7) is 8.70. The lowest BCUT2D eigenvalue weighted by Gasteiger charge is -2.29. The van der Waals surface area contributed by atoms with Crippen molar-refractivity contribution in [2.24, 2.45) is 5.41 Å². The molecule has 3 N–H and O–H groups in total. The first-order valence-electron chi connectivity index (χ1n) is 5.01. The maximum atomic E-state index is 10.9. The zero-order valence-electron chi connectivity index (χ0n) is 10.3. The minimum absolute atomic E-state index is 0.189. The fraction of sp³-hybridized carbons (Fsp3) is 0.636. The number of rotatable bonds is 3. The lowest BCUT2D eigenvalue weighted by Crippen LogP contribution is -2.38. The van der Waals surface area contributed by atoms with Gasteiger partial charge in [0.1, 0.15) is 0 Å². The number of carboxylic acid groups (broad SMARTS) is 2. The number of hydrogen-bond acceptors (Lipinski definition) is 2. The Morgan fingerprint density at radius 3 is 1.88 bits per heavy atom. The van der Waals surface area contributed by atoms with Crippen LogP contribution in [0.15, 0.2) is 11.1 Å². The molecule has 0 rings (SSSR count). The molecule has 0 radical (unpaired) electrons. The molecule has 0 spiro atoms. The predicted octanol–water partition coefficient (Wildman–Crippen LogP) is 2.09. The van der Waals surface area contributed by atoms with Gasteiger partial charge in [-0.15, -0.1) is 0 Å². The molecule has 0 aromatic carbocycles. The van der Waals surface area contributed by atoms with Gasteiger partial charge >= 0.3 is 12.1 Å².